The van der Waals surface area contributed by atoms with Crippen molar-refractivity contribution < 1.29 is 9.59 Å². The van der Waals surface area contributed by atoms with Crippen LogP contribution in [0.5, 0.6) is 0 Å². The first-order chi connectivity index (χ1) is 12.2. The standard InChI is InChI=1S/C21H30N2O2/c24-20(12-11-17-7-3-1-4-8-17)23-15-13-18(14-16-23)21(25)22-19-9-5-2-6-10-19/h2,5-6,9-10,17-18H,1,3-4,7-8,11-16H2,(H,22,25). The fraction of sp³-hybridized carbons (Fsp3) is 0.619. The van der Waals surface area contributed by atoms with Gasteiger partial charge in [-0.1, -0.05) is 50.3 Å². The number of piperidine rings is 1. The van der Waals surface area contributed by atoms with E-state index in [0.29, 0.717) is 6.42 Å². The van der Waals surface area contributed by atoms with Crippen LogP contribution in [0.1, 0.15) is 57.8 Å². The molecule has 1 saturated carbocycles. The van der Waals surface area contributed by atoms with Crippen LogP contribution in [0.2, 0.25) is 0 Å². The lowest BCUT2D eigenvalue weighted by Crippen LogP contribution is -2.41. The van der Waals surface area contributed by atoms with Crippen molar-refractivity contribution in [1.29, 1.82) is 0 Å². The average molecular weight is 342 g/mol. The highest BCUT2D eigenvalue weighted by Gasteiger charge is 2.27. The van der Waals surface area contributed by atoms with E-state index in [9.17, 15) is 9.59 Å². The van der Waals surface area contributed by atoms with E-state index in [4.69, 9.17) is 0 Å². The zero-order chi connectivity index (χ0) is 17.5. The molecule has 0 radical (unpaired) electrons. The van der Waals surface area contributed by atoms with Crippen LogP contribution in [-0.4, -0.2) is 29.8 Å². The first kappa shape index (κ1) is 18.0. The van der Waals surface area contributed by atoms with Crippen LogP contribution < -0.4 is 5.32 Å². The zero-order valence-corrected chi connectivity index (χ0v) is 15.1. The van der Waals surface area contributed by atoms with Gasteiger partial charge in [-0.2, -0.15) is 0 Å². The van der Waals surface area contributed by atoms with Gasteiger partial charge in [-0.15, -0.1) is 0 Å². The number of likely N-dealkylation sites (tertiary alicyclic amines) is 1. The number of carbonyl (C=O) groups is 2. The maximum Gasteiger partial charge on any atom is 0.227 e. The first-order valence-electron chi connectivity index (χ1n) is 9.86. The summed E-state index contributed by atoms with van der Waals surface area (Å²) < 4.78 is 0. The highest BCUT2D eigenvalue weighted by Crippen LogP contribution is 2.28. The molecule has 2 aliphatic rings. The Morgan fingerprint density at radius 2 is 1.64 bits per heavy atom. The molecule has 25 heavy (non-hydrogen) atoms. The van der Waals surface area contributed by atoms with Crippen molar-refractivity contribution in [3.63, 3.8) is 0 Å². The quantitative estimate of drug-likeness (QED) is 0.871. The molecule has 0 unspecified atom stereocenters. The average Bonchev–Trinajstić information content (AvgIpc) is 2.68. The number of rotatable bonds is 5. The molecule has 3 rings (SSSR count). The van der Waals surface area contributed by atoms with Gasteiger partial charge in [0.25, 0.3) is 0 Å². The highest BCUT2D eigenvalue weighted by molar-refractivity contribution is 5.92. The molecular weight excluding hydrogens is 312 g/mol. The van der Waals surface area contributed by atoms with Crippen molar-refractivity contribution in [3.05, 3.63) is 30.3 Å². The Morgan fingerprint density at radius 1 is 0.960 bits per heavy atom. The van der Waals surface area contributed by atoms with E-state index >= 15 is 0 Å². The maximum absolute atomic E-state index is 12.4. The van der Waals surface area contributed by atoms with E-state index in [-0.39, 0.29) is 17.7 Å². The number of anilines is 1. The van der Waals surface area contributed by atoms with Crippen molar-refractivity contribution in [2.45, 2.75) is 57.8 Å². The fourth-order valence-corrected chi connectivity index (χ4v) is 4.12. The molecule has 2 fully saturated rings. The van der Waals surface area contributed by atoms with Crippen LogP contribution in [-0.2, 0) is 9.59 Å². The molecule has 4 heteroatoms. The number of carbonyl (C=O) groups excluding carboxylic acids is 2. The Kier molecular flexibility index (Phi) is 6.48. The van der Waals surface area contributed by atoms with Crippen molar-refractivity contribution >= 4 is 17.5 Å². The van der Waals surface area contributed by atoms with Gasteiger partial charge in [-0.05, 0) is 37.3 Å². The van der Waals surface area contributed by atoms with Crippen molar-refractivity contribution in [1.82, 2.24) is 4.90 Å². The monoisotopic (exact) mass is 342 g/mol. The van der Waals surface area contributed by atoms with E-state index in [1.54, 1.807) is 0 Å². The molecule has 2 amide bonds. The number of para-hydroxylation sites is 1. The Balaban J connectivity index is 1.38. The van der Waals surface area contributed by atoms with E-state index in [1.165, 1.54) is 32.1 Å². The lowest BCUT2D eigenvalue weighted by molar-refractivity contribution is -0.134. The largest absolute Gasteiger partial charge is 0.343 e. The van der Waals surface area contributed by atoms with Gasteiger partial charge < -0.3 is 10.2 Å². The summed E-state index contributed by atoms with van der Waals surface area (Å²) in [7, 11) is 0. The predicted molar refractivity (Wildman–Crippen MR) is 100 cm³/mol. The van der Waals surface area contributed by atoms with Crippen LogP contribution >= 0.6 is 0 Å². The molecule has 0 spiro atoms. The molecule has 1 heterocycles. The van der Waals surface area contributed by atoms with Crippen molar-refractivity contribution in [2.75, 3.05) is 18.4 Å². The molecule has 1 aromatic rings. The summed E-state index contributed by atoms with van der Waals surface area (Å²) in [5, 5.41) is 2.98. The number of nitrogens with one attached hydrogen (secondary N) is 1. The summed E-state index contributed by atoms with van der Waals surface area (Å²) in [5.41, 5.74) is 0.846. The van der Waals surface area contributed by atoms with Crippen molar-refractivity contribution in [2.24, 2.45) is 11.8 Å². The number of benzene rings is 1. The summed E-state index contributed by atoms with van der Waals surface area (Å²) >= 11 is 0. The zero-order valence-electron chi connectivity index (χ0n) is 15.1. The van der Waals surface area contributed by atoms with Gasteiger partial charge in [0.05, 0.1) is 0 Å². The molecule has 4 nitrogen and oxygen atoms in total. The third-order valence-electron chi connectivity index (χ3n) is 5.75. The van der Waals surface area contributed by atoms with E-state index < -0.39 is 0 Å². The van der Waals surface area contributed by atoms with Gasteiger partial charge in [-0.3, -0.25) is 9.59 Å². The normalized spacial score (nSPS) is 19.6. The molecule has 1 N–H and O–H groups in total. The Bertz CT molecular complexity index is 559. The van der Waals surface area contributed by atoms with Gasteiger partial charge in [-0.25, -0.2) is 0 Å². The van der Waals surface area contributed by atoms with Gasteiger partial charge in [0, 0.05) is 31.1 Å². The number of nitrogens with zero attached hydrogens (tertiary/aromatic N) is 1. The molecule has 0 aromatic heterocycles. The summed E-state index contributed by atoms with van der Waals surface area (Å²) in [6, 6.07) is 9.59. The van der Waals surface area contributed by atoms with Crippen LogP contribution in [0.15, 0.2) is 30.3 Å². The van der Waals surface area contributed by atoms with Gasteiger partial charge in [0.1, 0.15) is 0 Å². The molecule has 1 aliphatic carbocycles. The van der Waals surface area contributed by atoms with Crippen LogP contribution in [0, 0.1) is 11.8 Å². The summed E-state index contributed by atoms with van der Waals surface area (Å²) in [6.45, 7) is 1.44. The minimum atomic E-state index is 0.0163. The fourth-order valence-electron chi connectivity index (χ4n) is 4.12. The number of amides is 2. The summed E-state index contributed by atoms with van der Waals surface area (Å²) in [6.07, 6.45) is 9.91. The smallest absolute Gasteiger partial charge is 0.227 e. The van der Waals surface area contributed by atoms with Crippen LogP contribution in [0.4, 0.5) is 5.69 Å². The van der Waals surface area contributed by atoms with Crippen LogP contribution in [0.3, 0.4) is 0 Å². The van der Waals surface area contributed by atoms with Crippen molar-refractivity contribution in [3.8, 4) is 0 Å². The SMILES string of the molecule is O=C(Nc1ccccc1)C1CCN(C(=O)CCC2CCCCC2)CC1. The molecule has 136 valence electrons. The number of hydrogen-bond donors (Lipinski definition) is 1. The van der Waals surface area contributed by atoms with Gasteiger partial charge >= 0.3 is 0 Å². The summed E-state index contributed by atoms with van der Waals surface area (Å²) in [5.74, 6) is 1.14. The van der Waals surface area contributed by atoms with E-state index in [1.807, 2.05) is 35.2 Å². The minimum absolute atomic E-state index is 0.0163. The molecule has 1 aromatic carbocycles. The Morgan fingerprint density at radius 3 is 2.32 bits per heavy atom. The second-order valence-corrected chi connectivity index (χ2v) is 7.55. The summed E-state index contributed by atoms with van der Waals surface area (Å²) in [4.78, 5) is 26.8. The Hall–Kier alpha value is -1.84. The lowest BCUT2D eigenvalue weighted by atomic mass is 9.86. The predicted octanol–water partition coefficient (Wildman–Crippen LogP) is 4.22. The maximum atomic E-state index is 12.4. The second kappa shape index (κ2) is 9.02. The Labute approximate surface area is 151 Å². The molecule has 0 atom stereocenters. The van der Waals surface area contributed by atoms with Crippen LogP contribution in [0.25, 0.3) is 0 Å². The van der Waals surface area contributed by atoms with Gasteiger partial charge in [0.15, 0.2) is 0 Å². The van der Waals surface area contributed by atoms with Gasteiger partial charge in [0.2, 0.25) is 11.8 Å². The second-order valence-electron chi connectivity index (χ2n) is 7.55. The molecule has 0 bridgehead atoms. The minimum Gasteiger partial charge on any atom is -0.343 e. The highest BCUT2D eigenvalue weighted by atomic mass is 16.2. The third-order valence-corrected chi connectivity index (χ3v) is 5.75. The lowest BCUT2D eigenvalue weighted by Gasteiger charge is -2.32. The number of hydrogen-bond acceptors (Lipinski definition) is 2. The molecule has 1 saturated heterocycles. The topological polar surface area (TPSA) is 49.4 Å². The molecule has 1 aliphatic heterocycles. The molecular formula is C21H30N2O2. The van der Waals surface area contributed by atoms with E-state index in [0.717, 1.165) is 44.0 Å². The first-order valence-corrected chi connectivity index (χ1v) is 9.86. The van der Waals surface area contributed by atoms with E-state index in [2.05, 4.69) is 5.32 Å². The third kappa shape index (κ3) is 5.32.